The van der Waals surface area contributed by atoms with Crippen LogP contribution < -0.4 is 5.32 Å². The number of anilines is 1. The Kier molecular flexibility index (Phi) is 10.8. The number of rotatable bonds is 12. The van der Waals surface area contributed by atoms with Gasteiger partial charge in [-0.05, 0) is 64.3 Å². The first kappa shape index (κ1) is 23.4. The molecule has 2 amide bonds. The largest absolute Gasteiger partial charge is 0.378 e. The van der Waals surface area contributed by atoms with E-state index in [4.69, 9.17) is 4.74 Å². The molecule has 1 aromatic carbocycles. The number of carbonyl (C=O) groups excluding carboxylic acids is 1. The summed E-state index contributed by atoms with van der Waals surface area (Å²) in [5.74, 6) is 0. The first-order chi connectivity index (χ1) is 14.1. The molecule has 1 saturated carbocycles. The number of nitrogens with zero attached hydrogens (tertiary/aromatic N) is 2. The van der Waals surface area contributed by atoms with Crippen molar-refractivity contribution in [3.8, 4) is 0 Å². The number of hydrogen-bond donors (Lipinski definition) is 1. The number of benzene rings is 1. The zero-order valence-corrected chi connectivity index (χ0v) is 18.3. The van der Waals surface area contributed by atoms with Crippen molar-refractivity contribution < 1.29 is 9.53 Å². The summed E-state index contributed by atoms with van der Waals surface area (Å²) in [6, 6.07) is 9.90. The second-order valence-corrected chi connectivity index (χ2v) is 8.17. The molecule has 29 heavy (non-hydrogen) atoms. The van der Waals surface area contributed by atoms with Crippen molar-refractivity contribution in [3.05, 3.63) is 43.0 Å². The maximum Gasteiger partial charge on any atom is 0.321 e. The molecule has 0 unspecified atom stereocenters. The number of urea groups is 1. The summed E-state index contributed by atoms with van der Waals surface area (Å²) in [6.45, 7) is 6.74. The minimum atomic E-state index is -0.0284. The third-order valence-electron chi connectivity index (χ3n) is 5.77. The van der Waals surface area contributed by atoms with Crippen LogP contribution in [-0.4, -0.2) is 61.8 Å². The molecule has 0 radical (unpaired) electrons. The van der Waals surface area contributed by atoms with Gasteiger partial charge in [-0.3, -0.25) is 0 Å². The fourth-order valence-corrected chi connectivity index (χ4v) is 3.90. The van der Waals surface area contributed by atoms with Gasteiger partial charge in [-0.1, -0.05) is 37.1 Å². The maximum atomic E-state index is 12.4. The Bertz CT molecular complexity index is 585. The third kappa shape index (κ3) is 9.01. The fourth-order valence-electron chi connectivity index (χ4n) is 3.90. The van der Waals surface area contributed by atoms with Crippen molar-refractivity contribution in [1.82, 2.24) is 9.80 Å². The van der Waals surface area contributed by atoms with E-state index >= 15 is 0 Å². The van der Waals surface area contributed by atoms with E-state index in [1.165, 1.54) is 19.3 Å². The number of ether oxygens (including phenoxy) is 1. The highest BCUT2D eigenvalue weighted by molar-refractivity contribution is 5.89. The molecule has 1 N–H and O–H groups in total. The number of para-hydroxylation sites is 1. The molecule has 0 aromatic heterocycles. The fraction of sp³-hybridized carbons (Fsp3) is 0.625. The summed E-state index contributed by atoms with van der Waals surface area (Å²) >= 11 is 0. The van der Waals surface area contributed by atoms with E-state index < -0.39 is 0 Å². The van der Waals surface area contributed by atoms with Crippen LogP contribution in [0.3, 0.4) is 0 Å². The summed E-state index contributed by atoms with van der Waals surface area (Å²) in [5.41, 5.74) is 0.841. The van der Waals surface area contributed by atoms with Gasteiger partial charge in [-0.25, -0.2) is 4.79 Å². The van der Waals surface area contributed by atoms with Crippen LogP contribution in [-0.2, 0) is 4.74 Å². The zero-order chi connectivity index (χ0) is 20.9. The van der Waals surface area contributed by atoms with E-state index in [2.05, 4.69) is 23.8 Å². The monoisotopic (exact) mass is 401 g/mol. The van der Waals surface area contributed by atoms with E-state index in [1.54, 1.807) is 0 Å². The number of nitrogens with one attached hydrogen (secondary N) is 1. The van der Waals surface area contributed by atoms with Crippen molar-refractivity contribution in [2.75, 3.05) is 39.1 Å². The van der Waals surface area contributed by atoms with Crippen molar-refractivity contribution in [2.24, 2.45) is 0 Å². The molecule has 0 atom stereocenters. The van der Waals surface area contributed by atoms with Crippen molar-refractivity contribution in [2.45, 2.75) is 63.5 Å². The standard InChI is InChI=1S/C24H39N3O2/c1-4-18-26(2)19-10-5-6-11-20-29-23-16-14-22(15-17-23)27(3)24(28)25-21-12-8-7-9-13-21/h4,7-9,12-13,22-23H,1,5-6,10-11,14-20H2,2-3H3,(H,25,28)/t22-,23-. The smallest absolute Gasteiger partial charge is 0.321 e. The van der Waals surface area contributed by atoms with Crippen molar-refractivity contribution in [1.29, 1.82) is 0 Å². The van der Waals surface area contributed by atoms with Gasteiger partial charge in [0, 0.05) is 31.9 Å². The lowest BCUT2D eigenvalue weighted by Gasteiger charge is -2.34. The normalized spacial score (nSPS) is 19.1. The molecule has 162 valence electrons. The average Bonchev–Trinajstić information content (AvgIpc) is 2.74. The van der Waals surface area contributed by atoms with Gasteiger partial charge in [0.15, 0.2) is 0 Å². The van der Waals surface area contributed by atoms with E-state index in [0.717, 1.165) is 57.5 Å². The Hall–Kier alpha value is -1.85. The molecule has 0 bridgehead atoms. The Labute approximate surface area is 177 Å². The van der Waals surface area contributed by atoms with Crippen LogP contribution in [0.4, 0.5) is 10.5 Å². The number of carbonyl (C=O) groups is 1. The first-order valence-electron chi connectivity index (χ1n) is 11.1. The summed E-state index contributed by atoms with van der Waals surface area (Å²) < 4.78 is 6.09. The predicted octanol–water partition coefficient (Wildman–Crippen LogP) is 5.16. The van der Waals surface area contributed by atoms with E-state index in [1.807, 2.05) is 48.4 Å². The third-order valence-corrected chi connectivity index (χ3v) is 5.77. The Morgan fingerprint density at radius 1 is 1.10 bits per heavy atom. The molecular formula is C24H39N3O2. The topological polar surface area (TPSA) is 44.8 Å². The summed E-state index contributed by atoms with van der Waals surface area (Å²) in [6.07, 6.45) is 11.3. The highest BCUT2D eigenvalue weighted by Gasteiger charge is 2.26. The second kappa shape index (κ2) is 13.4. The molecule has 1 aromatic rings. The number of amides is 2. The molecule has 5 nitrogen and oxygen atoms in total. The number of hydrogen-bond acceptors (Lipinski definition) is 3. The summed E-state index contributed by atoms with van der Waals surface area (Å²) in [7, 11) is 4.04. The molecule has 1 aliphatic carbocycles. The molecule has 1 fully saturated rings. The maximum absolute atomic E-state index is 12.4. The number of likely N-dealkylation sites (N-methyl/N-ethyl adjacent to an activating group) is 1. The first-order valence-corrected chi connectivity index (χ1v) is 11.1. The van der Waals surface area contributed by atoms with Gasteiger partial charge >= 0.3 is 6.03 Å². The van der Waals surface area contributed by atoms with E-state index in [9.17, 15) is 4.79 Å². The lowest BCUT2D eigenvalue weighted by atomic mass is 9.92. The van der Waals surface area contributed by atoms with Gasteiger partial charge in [0.1, 0.15) is 0 Å². The van der Waals surface area contributed by atoms with Crippen LogP contribution in [0.5, 0.6) is 0 Å². The Morgan fingerprint density at radius 3 is 2.48 bits per heavy atom. The van der Waals surface area contributed by atoms with Gasteiger partial charge < -0.3 is 19.9 Å². The second-order valence-electron chi connectivity index (χ2n) is 8.17. The summed E-state index contributed by atoms with van der Waals surface area (Å²) in [5, 5.41) is 2.97. The zero-order valence-electron chi connectivity index (χ0n) is 18.3. The average molecular weight is 402 g/mol. The molecular weight excluding hydrogens is 362 g/mol. The molecule has 2 rings (SSSR count). The van der Waals surface area contributed by atoms with Crippen LogP contribution in [0.1, 0.15) is 51.4 Å². The van der Waals surface area contributed by atoms with Crippen molar-refractivity contribution >= 4 is 11.7 Å². The van der Waals surface area contributed by atoms with Gasteiger partial charge in [0.2, 0.25) is 0 Å². The Balaban J connectivity index is 1.53. The molecule has 0 heterocycles. The van der Waals surface area contributed by atoms with Gasteiger partial charge in [0.05, 0.1) is 6.10 Å². The summed E-state index contributed by atoms with van der Waals surface area (Å²) in [4.78, 5) is 16.6. The lowest BCUT2D eigenvalue weighted by Crippen LogP contribution is -2.42. The van der Waals surface area contributed by atoms with Crippen LogP contribution in [0.2, 0.25) is 0 Å². The lowest BCUT2D eigenvalue weighted by molar-refractivity contribution is 0.0130. The molecule has 0 saturated heterocycles. The van der Waals surface area contributed by atoms with Crippen LogP contribution in [0, 0.1) is 0 Å². The van der Waals surface area contributed by atoms with Crippen LogP contribution in [0.15, 0.2) is 43.0 Å². The minimum absolute atomic E-state index is 0.0284. The van der Waals surface area contributed by atoms with Crippen molar-refractivity contribution in [3.63, 3.8) is 0 Å². The van der Waals surface area contributed by atoms with Gasteiger partial charge in [-0.15, -0.1) is 6.58 Å². The van der Waals surface area contributed by atoms with Crippen LogP contribution >= 0.6 is 0 Å². The quantitative estimate of drug-likeness (QED) is 0.389. The minimum Gasteiger partial charge on any atom is -0.378 e. The van der Waals surface area contributed by atoms with Gasteiger partial charge in [-0.2, -0.15) is 0 Å². The number of unbranched alkanes of at least 4 members (excludes halogenated alkanes) is 3. The predicted molar refractivity (Wildman–Crippen MR) is 121 cm³/mol. The molecule has 5 heteroatoms. The highest BCUT2D eigenvalue weighted by atomic mass is 16.5. The molecule has 1 aliphatic rings. The molecule has 0 spiro atoms. The van der Waals surface area contributed by atoms with Crippen LogP contribution in [0.25, 0.3) is 0 Å². The SMILES string of the molecule is C=CCN(C)CCCCCCO[C@H]1CC[C@H](N(C)C(=O)Nc2ccccc2)CC1. The molecule has 0 aliphatic heterocycles. The van der Waals surface area contributed by atoms with E-state index in [-0.39, 0.29) is 6.03 Å². The van der Waals surface area contributed by atoms with E-state index in [0.29, 0.717) is 12.1 Å². The van der Waals surface area contributed by atoms with Gasteiger partial charge in [0.25, 0.3) is 0 Å². The highest BCUT2D eigenvalue weighted by Crippen LogP contribution is 2.25. The Morgan fingerprint density at radius 2 is 1.79 bits per heavy atom.